The van der Waals surface area contributed by atoms with Gasteiger partial charge in [0.25, 0.3) is 5.91 Å². The van der Waals surface area contributed by atoms with Crippen LogP contribution in [0.4, 0.5) is 5.69 Å². The molecule has 86 valence electrons. The molecule has 0 aliphatic carbocycles. The third-order valence-electron chi connectivity index (χ3n) is 2.38. The lowest BCUT2D eigenvalue weighted by Gasteiger charge is -2.05. The summed E-state index contributed by atoms with van der Waals surface area (Å²) in [6.07, 6.45) is 2.01. The first-order valence-corrected chi connectivity index (χ1v) is 6.52. The highest BCUT2D eigenvalue weighted by Crippen LogP contribution is 2.15. The Morgan fingerprint density at radius 3 is 2.24 bits per heavy atom. The first kappa shape index (κ1) is 11.7. The minimum absolute atomic E-state index is 0.0798. The molecule has 0 unspecified atom stereocenters. The van der Waals surface area contributed by atoms with Gasteiger partial charge in [-0.25, -0.2) is 0 Å². The molecule has 0 atom stereocenters. The number of carbonyl (C=O) groups excluding carboxylic acids is 1. The molecule has 17 heavy (non-hydrogen) atoms. The molecule has 0 saturated heterocycles. The predicted octanol–water partition coefficient (Wildman–Crippen LogP) is 3.66. The van der Waals surface area contributed by atoms with Crippen LogP contribution in [-0.2, 0) is 0 Å². The third-order valence-corrected chi connectivity index (χ3v) is 3.13. The second kappa shape index (κ2) is 5.55. The lowest BCUT2D eigenvalue weighted by molar-refractivity contribution is 0.102. The number of para-hydroxylation sites is 1. The molecule has 0 heterocycles. The van der Waals surface area contributed by atoms with Crippen molar-refractivity contribution in [2.24, 2.45) is 0 Å². The van der Waals surface area contributed by atoms with Gasteiger partial charge in [-0.1, -0.05) is 18.2 Å². The minimum Gasteiger partial charge on any atom is -0.322 e. The molecular weight excluding hydrogens is 230 g/mol. The van der Waals surface area contributed by atoms with E-state index in [1.807, 2.05) is 60.9 Å². The maximum Gasteiger partial charge on any atom is 0.255 e. The molecule has 0 radical (unpaired) electrons. The van der Waals surface area contributed by atoms with E-state index in [4.69, 9.17) is 0 Å². The van der Waals surface area contributed by atoms with Gasteiger partial charge in [-0.05, 0) is 42.7 Å². The summed E-state index contributed by atoms with van der Waals surface area (Å²) < 4.78 is 0. The first-order valence-electron chi connectivity index (χ1n) is 5.30. The lowest BCUT2D eigenvalue weighted by atomic mass is 10.2. The monoisotopic (exact) mass is 243 g/mol. The molecule has 0 aromatic heterocycles. The molecule has 2 aromatic carbocycles. The zero-order valence-electron chi connectivity index (χ0n) is 9.51. The minimum atomic E-state index is -0.0798. The van der Waals surface area contributed by atoms with Gasteiger partial charge in [-0.3, -0.25) is 4.79 Å². The van der Waals surface area contributed by atoms with Gasteiger partial charge in [-0.15, -0.1) is 11.8 Å². The van der Waals surface area contributed by atoms with Crippen molar-refractivity contribution in [3.63, 3.8) is 0 Å². The summed E-state index contributed by atoms with van der Waals surface area (Å²) in [5.74, 6) is -0.0798. The highest BCUT2D eigenvalue weighted by molar-refractivity contribution is 7.98. The van der Waals surface area contributed by atoms with Crippen LogP contribution in [0.2, 0.25) is 0 Å². The highest BCUT2D eigenvalue weighted by Gasteiger charge is 2.05. The van der Waals surface area contributed by atoms with Crippen molar-refractivity contribution in [1.29, 1.82) is 0 Å². The van der Waals surface area contributed by atoms with E-state index < -0.39 is 0 Å². The molecule has 0 fully saturated rings. The largest absolute Gasteiger partial charge is 0.322 e. The van der Waals surface area contributed by atoms with Crippen molar-refractivity contribution >= 4 is 23.4 Å². The molecule has 0 aliphatic rings. The quantitative estimate of drug-likeness (QED) is 0.833. The zero-order valence-corrected chi connectivity index (χ0v) is 10.3. The molecule has 2 nitrogen and oxygen atoms in total. The Balaban J connectivity index is 2.09. The van der Waals surface area contributed by atoms with E-state index in [0.717, 1.165) is 10.6 Å². The zero-order chi connectivity index (χ0) is 12.1. The molecule has 2 aromatic rings. The highest BCUT2D eigenvalue weighted by atomic mass is 32.2. The fourth-order valence-corrected chi connectivity index (χ4v) is 1.88. The van der Waals surface area contributed by atoms with Crippen molar-refractivity contribution < 1.29 is 4.79 Å². The van der Waals surface area contributed by atoms with Crippen molar-refractivity contribution in [2.75, 3.05) is 11.6 Å². The first-order chi connectivity index (χ1) is 8.29. The molecular formula is C14H13NOS. The van der Waals surface area contributed by atoms with Crippen LogP contribution in [0.1, 0.15) is 10.4 Å². The normalized spacial score (nSPS) is 9.94. The number of anilines is 1. The SMILES string of the molecule is CSc1ccc(C(=O)Nc2ccccc2)cc1. The summed E-state index contributed by atoms with van der Waals surface area (Å²) in [4.78, 5) is 13.0. The van der Waals surface area contributed by atoms with Gasteiger partial charge in [0.15, 0.2) is 0 Å². The molecule has 1 N–H and O–H groups in total. The average Bonchev–Trinajstić information content (AvgIpc) is 2.40. The van der Waals surface area contributed by atoms with Crippen LogP contribution in [0.15, 0.2) is 59.5 Å². The summed E-state index contributed by atoms with van der Waals surface area (Å²) in [6.45, 7) is 0. The van der Waals surface area contributed by atoms with Crippen LogP contribution >= 0.6 is 11.8 Å². The van der Waals surface area contributed by atoms with Gasteiger partial charge in [0.05, 0.1) is 0 Å². The number of benzene rings is 2. The Morgan fingerprint density at radius 1 is 1.00 bits per heavy atom. The topological polar surface area (TPSA) is 29.1 Å². The molecule has 0 bridgehead atoms. The molecule has 0 saturated carbocycles. The van der Waals surface area contributed by atoms with Gasteiger partial charge in [0, 0.05) is 16.1 Å². The second-order valence-electron chi connectivity index (χ2n) is 3.55. The van der Waals surface area contributed by atoms with Gasteiger partial charge < -0.3 is 5.32 Å². The molecule has 3 heteroatoms. The Bertz CT molecular complexity index is 493. The Morgan fingerprint density at radius 2 is 1.65 bits per heavy atom. The number of thioether (sulfide) groups is 1. The van der Waals surface area contributed by atoms with Crippen LogP contribution in [0.25, 0.3) is 0 Å². The smallest absolute Gasteiger partial charge is 0.255 e. The number of rotatable bonds is 3. The fourth-order valence-electron chi connectivity index (χ4n) is 1.47. The number of hydrogen-bond acceptors (Lipinski definition) is 2. The van der Waals surface area contributed by atoms with Gasteiger partial charge in [-0.2, -0.15) is 0 Å². The van der Waals surface area contributed by atoms with Crippen LogP contribution in [0.5, 0.6) is 0 Å². The summed E-state index contributed by atoms with van der Waals surface area (Å²) in [5, 5.41) is 2.85. The van der Waals surface area contributed by atoms with Crippen molar-refractivity contribution in [3.8, 4) is 0 Å². The molecule has 0 spiro atoms. The number of amides is 1. The lowest BCUT2D eigenvalue weighted by Crippen LogP contribution is -2.11. The van der Waals surface area contributed by atoms with E-state index in [1.165, 1.54) is 0 Å². The van der Waals surface area contributed by atoms with Crippen LogP contribution in [-0.4, -0.2) is 12.2 Å². The molecule has 1 amide bonds. The fraction of sp³-hybridized carbons (Fsp3) is 0.0714. The molecule has 0 aliphatic heterocycles. The van der Waals surface area contributed by atoms with Crippen LogP contribution < -0.4 is 5.32 Å². The van der Waals surface area contributed by atoms with E-state index in [-0.39, 0.29) is 5.91 Å². The maximum atomic E-state index is 11.9. The van der Waals surface area contributed by atoms with Gasteiger partial charge >= 0.3 is 0 Å². The number of nitrogens with one attached hydrogen (secondary N) is 1. The Labute approximate surface area is 105 Å². The maximum absolute atomic E-state index is 11.9. The standard InChI is InChI=1S/C14H13NOS/c1-17-13-9-7-11(8-10-13)14(16)15-12-5-3-2-4-6-12/h2-10H,1H3,(H,15,16). The van der Waals surface area contributed by atoms with E-state index in [1.54, 1.807) is 11.8 Å². The van der Waals surface area contributed by atoms with Crippen molar-refractivity contribution in [1.82, 2.24) is 0 Å². The molecule has 2 rings (SSSR count). The Kier molecular flexibility index (Phi) is 3.83. The van der Waals surface area contributed by atoms with E-state index in [2.05, 4.69) is 5.32 Å². The second-order valence-corrected chi connectivity index (χ2v) is 4.43. The third kappa shape index (κ3) is 3.11. The summed E-state index contributed by atoms with van der Waals surface area (Å²) in [5.41, 5.74) is 1.48. The van der Waals surface area contributed by atoms with Crippen molar-refractivity contribution in [2.45, 2.75) is 4.90 Å². The van der Waals surface area contributed by atoms with E-state index >= 15 is 0 Å². The number of carbonyl (C=O) groups is 1. The van der Waals surface area contributed by atoms with Crippen LogP contribution in [0.3, 0.4) is 0 Å². The summed E-state index contributed by atoms with van der Waals surface area (Å²) in [6, 6.07) is 17.0. The summed E-state index contributed by atoms with van der Waals surface area (Å²) in [7, 11) is 0. The van der Waals surface area contributed by atoms with Crippen LogP contribution in [0, 0.1) is 0 Å². The van der Waals surface area contributed by atoms with Crippen molar-refractivity contribution in [3.05, 3.63) is 60.2 Å². The summed E-state index contributed by atoms with van der Waals surface area (Å²) >= 11 is 1.66. The number of hydrogen-bond donors (Lipinski definition) is 1. The predicted molar refractivity (Wildman–Crippen MR) is 72.6 cm³/mol. The Hall–Kier alpha value is -1.74. The van der Waals surface area contributed by atoms with Gasteiger partial charge in [0.2, 0.25) is 0 Å². The van der Waals surface area contributed by atoms with E-state index in [9.17, 15) is 4.79 Å². The van der Waals surface area contributed by atoms with Gasteiger partial charge in [0.1, 0.15) is 0 Å². The average molecular weight is 243 g/mol. The van der Waals surface area contributed by atoms with E-state index in [0.29, 0.717) is 5.56 Å².